The van der Waals surface area contributed by atoms with E-state index in [-0.39, 0.29) is 18.6 Å². The summed E-state index contributed by atoms with van der Waals surface area (Å²) in [6.45, 7) is 4.01. The van der Waals surface area contributed by atoms with Crippen LogP contribution in [0.2, 0.25) is 0 Å². The van der Waals surface area contributed by atoms with E-state index in [1.54, 1.807) is 13.0 Å². The Morgan fingerprint density at radius 2 is 2.07 bits per heavy atom. The maximum atomic E-state index is 12.5. The van der Waals surface area contributed by atoms with E-state index < -0.39 is 0 Å². The van der Waals surface area contributed by atoms with E-state index in [0.717, 1.165) is 35.7 Å². The number of nitrogens with one attached hydrogen (secondary N) is 1. The van der Waals surface area contributed by atoms with Gasteiger partial charge in [0.25, 0.3) is 5.91 Å². The van der Waals surface area contributed by atoms with Crippen LogP contribution in [-0.2, 0) is 4.79 Å². The SMILES string of the molecule is Cc1nnsc1C(=O)N1CCC(CNC(=O)/C=C/c2ccc3c(c2)OCO3)CC1. The molecule has 0 unspecified atom stereocenters. The lowest BCUT2D eigenvalue weighted by molar-refractivity contribution is -0.116. The van der Waals surface area contributed by atoms with E-state index >= 15 is 0 Å². The number of aromatic nitrogens is 2. The van der Waals surface area contributed by atoms with Crippen LogP contribution in [0.4, 0.5) is 0 Å². The largest absolute Gasteiger partial charge is 0.454 e. The van der Waals surface area contributed by atoms with E-state index in [9.17, 15) is 9.59 Å². The molecule has 1 saturated heterocycles. The summed E-state index contributed by atoms with van der Waals surface area (Å²) in [4.78, 5) is 27.1. The van der Waals surface area contributed by atoms with Crippen molar-refractivity contribution in [2.75, 3.05) is 26.4 Å². The van der Waals surface area contributed by atoms with Crippen molar-refractivity contribution in [3.63, 3.8) is 0 Å². The summed E-state index contributed by atoms with van der Waals surface area (Å²) < 4.78 is 14.5. The van der Waals surface area contributed by atoms with Crippen molar-refractivity contribution in [2.24, 2.45) is 5.92 Å². The van der Waals surface area contributed by atoms with Crippen LogP contribution in [0.3, 0.4) is 0 Å². The first-order valence-electron chi connectivity index (χ1n) is 9.54. The molecule has 1 aromatic carbocycles. The molecule has 29 heavy (non-hydrogen) atoms. The highest BCUT2D eigenvalue weighted by molar-refractivity contribution is 7.07. The molecule has 0 bridgehead atoms. The molecule has 152 valence electrons. The van der Waals surface area contributed by atoms with Crippen molar-refractivity contribution in [3.8, 4) is 11.5 Å². The fourth-order valence-electron chi connectivity index (χ4n) is 3.40. The van der Waals surface area contributed by atoms with Crippen molar-refractivity contribution < 1.29 is 19.1 Å². The Balaban J connectivity index is 1.21. The second-order valence-electron chi connectivity index (χ2n) is 7.11. The minimum Gasteiger partial charge on any atom is -0.454 e. The van der Waals surface area contributed by atoms with E-state index in [4.69, 9.17) is 9.47 Å². The van der Waals surface area contributed by atoms with E-state index in [2.05, 4.69) is 14.9 Å². The lowest BCUT2D eigenvalue weighted by atomic mass is 9.96. The summed E-state index contributed by atoms with van der Waals surface area (Å²) in [5.41, 5.74) is 1.56. The van der Waals surface area contributed by atoms with Gasteiger partial charge >= 0.3 is 0 Å². The highest BCUT2D eigenvalue weighted by Crippen LogP contribution is 2.32. The van der Waals surface area contributed by atoms with Gasteiger partial charge in [-0.3, -0.25) is 9.59 Å². The second kappa shape index (κ2) is 8.60. The number of carbonyl (C=O) groups excluding carboxylic acids is 2. The molecular formula is C20H22N4O4S. The van der Waals surface area contributed by atoms with Crippen LogP contribution < -0.4 is 14.8 Å². The van der Waals surface area contributed by atoms with Crippen LogP contribution in [0.15, 0.2) is 24.3 Å². The van der Waals surface area contributed by atoms with Crippen molar-refractivity contribution in [1.29, 1.82) is 0 Å². The van der Waals surface area contributed by atoms with Crippen LogP contribution in [0.25, 0.3) is 6.08 Å². The third kappa shape index (κ3) is 4.56. The third-order valence-corrected chi connectivity index (χ3v) is 5.95. The molecule has 1 aromatic heterocycles. The smallest absolute Gasteiger partial charge is 0.267 e. The summed E-state index contributed by atoms with van der Waals surface area (Å²) >= 11 is 1.14. The highest BCUT2D eigenvalue weighted by atomic mass is 32.1. The molecule has 0 saturated carbocycles. The van der Waals surface area contributed by atoms with Crippen LogP contribution >= 0.6 is 11.5 Å². The molecule has 2 amide bonds. The van der Waals surface area contributed by atoms with Crippen molar-refractivity contribution in [2.45, 2.75) is 19.8 Å². The molecule has 8 nitrogen and oxygen atoms in total. The van der Waals surface area contributed by atoms with E-state index in [1.165, 1.54) is 6.08 Å². The average Bonchev–Trinajstić information content (AvgIpc) is 3.38. The standard InChI is InChI=1S/C20H22N4O4S/c1-13-19(29-23-22-13)20(26)24-8-6-15(7-9-24)11-21-18(25)5-3-14-2-4-16-17(10-14)28-12-27-16/h2-5,10,15H,6-9,11-12H2,1H3,(H,21,25)/b5-3+. The zero-order valence-corrected chi connectivity index (χ0v) is 16.9. The quantitative estimate of drug-likeness (QED) is 0.755. The molecular weight excluding hydrogens is 392 g/mol. The van der Waals surface area contributed by atoms with Crippen molar-refractivity contribution in [3.05, 3.63) is 40.4 Å². The zero-order valence-electron chi connectivity index (χ0n) is 16.1. The number of amides is 2. The van der Waals surface area contributed by atoms with Crippen LogP contribution in [-0.4, -0.2) is 52.7 Å². The summed E-state index contributed by atoms with van der Waals surface area (Å²) in [6, 6.07) is 5.56. The number of hydrogen-bond acceptors (Lipinski definition) is 7. The number of aryl methyl sites for hydroxylation is 1. The van der Waals surface area contributed by atoms with Gasteiger partial charge in [-0.15, -0.1) is 5.10 Å². The van der Waals surface area contributed by atoms with Gasteiger partial charge in [0, 0.05) is 25.7 Å². The van der Waals surface area contributed by atoms with Crippen LogP contribution in [0.1, 0.15) is 33.8 Å². The van der Waals surface area contributed by atoms with Gasteiger partial charge in [-0.2, -0.15) is 0 Å². The Morgan fingerprint density at radius 1 is 1.28 bits per heavy atom. The number of nitrogens with zero attached hydrogens (tertiary/aromatic N) is 3. The molecule has 2 aromatic rings. The number of carbonyl (C=O) groups is 2. The molecule has 0 aliphatic carbocycles. The first-order chi connectivity index (χ1) is 14.1. The number of benzene rings is 1. The molecule has 0 radical (unpaired) electrons. The maximum absolute atomic E-state index is 12.5. The topological polar surface area (TPSA) is 93.7 Å². The second-order valence-corrected chi connectivity index (χ2v) is 7.87. The molecule has 1 fully saturated rings. The van der Waals surface area contributed by atoms with Gasteiger partial charge in [0.2, 0.25) is 12.7 Å². The summed E-state index contributed by atoms with van der Waals surface area (Å²) in [6.07, 6.45) is 5.01. The Bertz CT molecular complexity index is 934. The summed E-state index contributed by atoms with van der Waals surface area (Å²) in [5.74, 6) is 1.65. The van der Waals surface area contributed by atoms with Crippen LogP contribution in [0, 0.1) is 12.8 Å². The molecule has 9 heteroatoms. The fraction of sp³-hybridized carbons (Fsp3) is 0.400. The number of rotatable bonds is 5. The number of piperidine rings is 1. The van der Waals surface area contributed by atoms with Gasteiger partial charge in [-0.05, 0) is 61.0 Å². The predicted molar refractivity (Wildman–Crippen MR) is 108 cm³/mol. The number of hydrogen-bond donors (Lipinski definition) is 1. The summed E-state index contributed by atoms with van der Waals surface area (Å²) in [7, 11) is 0. The molecule has 4 rings (SSSR count). The van der Waals surface area contributed by atoms with Crippen molar-refractivity contribution in [1.82, 2.24) is 19.8 Å². The van der Waals surface area contributed by atoms with E-state index in [1.807, 2.05) is 23.1 Å². The number of fused-ring (bicyclic) bond motifs is 1. The molecule has 1 N–H and O–H groups in total. The number of ether oxygens (including phenoxy) is 2. The van der Waals surface area contributed by atoms with Gasteiger partial charge in [0.05, 0.1) is 5.69 Å². The third-order valence-electron chi connectivity index (χ3n) is 5.14. The highest BCUT2D eigenvalue weighted by Gasteiger charge is 2.26. The Hall–Kier alpha value is -2.94. The minimum atomic E-state index is -0.132. The summed E-state index contributed by atoms with van der Waals surface area (Å²) in [5, 5.41) is 6.86. The van der Waals surface area contributed by atoms with Gasteiger partial charge < -0.3 is 19.7 Å². The van der Waals surface area contributed by atoms with Gasteiger partial charge in [-0.1, -0.05) is 10.6 Å². The first kappa shape index (κ1) is 19.4. The van der Waals surface area contributed by atoms with Gasteiger partial charge in [0.15, 0.2) is 11.5 Å². The fourth-order valence-corrected chi connectivity index (χ4v) is 4.03. The lowest BCUT2D eigenvalue weighted by Gasteiger charge is -2.31. The van der Waals surface area contributed by atoms with Gasteiger partial charge in [-0.25, -0.2) is 0 Å². The monoisotopic (exact) mass is 414 g/mol. The average molecular weight is 414 g/mol. The van der Waals surface area contributed by atoms with Crippen LogP contribution in [0.5, 0.6) is 11.5 Å². The zero-order chi connectivity index (χ0) is 20.2. The van der Waals surface area contributed by atoms with Gasteiger partial charge in [0.1, 0.15) is 4.88 Å². The van der Waals surface area contributed by atoms with Crippen molar-refractivity contribution >= 4 is 29.4 Å². The molecule has 2 aliphatic heterocycles. The molecule has 0 atom stereocenters. The Labute approximate surface area is 172 Å². The molecule has 2 aliphatic rings. The molecule has 3 heterocycles. The van der Waals surface area contributed by atoms with E-state index in [0.29, 0.717) is 41.9 Å². The molecule has 0 spiro atoms. The maximum Gasteiger partial charge on any atom is 0.267 e. The first-order valence-corrected chi connectivity index (χ1v) is 10.3. The predicted octanol–water partition coefficient (Wildman–Crippen LogP) is 2.26. The minimum absolute atomic E-state index is 0.00615. The lowest BCUT2D eigenvalue weighted by Crippen LogP contribution is -2.41. The normalized spacial score (nSPS) is 16.4. The Morgan fingerprint density at radius 3 is 2.83 bits per heavy atom. The Kier molecular flexibility index (Phi) is 5.75. The number of likely N-dealkylation sites (tertiary alicyclic amines) is 1.